The number of benzene rings is 1. The summed E-state index contributed by atoms with van der Waals surface area (Å²) >= 11 is 0. The normalized spacial score (nSPS) is 12.2. The maximum atomic E-state index is 13.0. The summed E-state index contributed by atoms with van der Waals surface area (Å²) < 4.78 is 13.0. The van der Waals surface area contributed by atoms with Crippen LogP contribution in [0.2, 0.25) is 0 Å². The standard InChI is InChI=1S/C20H28FNO2/c1-5-7-8-9-18(6-2)22(19(23)24)20(3,4)15-14-16-10-12-17(21)13-11-16/h10-13,18H,5-9H2,1-4H3,(H,23,24). The van der Waals surface area contributed by atoms with E-state index in [0.717, 1.165) is 32.1 Å². The highest BCUT2D eigenvalue weighted by Crippen LogP contribution is 2.23. The van der Waals surface area contributed by atoms with Crippen LogP contribution in [0.25, 0.3) is 0 Å². The van der Waals surface area contributed by atoms with E-state index < -0.39 is 11.6 Å². The predicted octanol–water partition coefficient (Wildman–Crippen LogP) is 5.29. The number of carboxylic acid groups (broad SMARTS) is 1. The summed E-state index contributed by atoms with van der Waals surface area (Å²) in [6.07, 6.45) is 3.89. The molecule has 3 nitrogen and oxygen atoms in total. The van der Waals surface area contributed by atoms with Crippen molar-refractivity contribution in [1.82, 2.24) is 4.90 Å². The lowest BCUT2D eigenvalue weighted by atomic mass is 9.96. The lowest BCUT2D eigenvalue weighted by molar-refractivity contribution is 0.0800. The number of hydrogen-bond donors (Lipinski definition) is 1. The van der Waals surface area contributed by atoms with Gasteiger partial charge in [0.1, 0.15) is 11.4 Å². The first-order valence-corrected chi connectivity index (χ1v) is 8.62. The second-order valence-corrected chi connectivity index (χ2v) is 6.53. The van der Waals surface area contributed by atoms with E-state index in [1.807, 2.05) is 20.8 Å². The molecule has 1 atom stereocenters. The zero-order chi connectivity index (χ0) is 18.2. The molecule has 1 rings (SSSR count). The van der Waals surface area contributed by atoms with Crippen LogP contribution in [0.4, 0.5) is 9.18 Å². The van der Waals surface area contributed by atoms with Crippen molar-refractivity contribution in [2.75, 3.05) is 0 Å². The average molecular weight is 333 g/mol. The molecule has 0 saturated heterocycles. The van der Waals surface area contributed by atoms with E-state index in [9.17, 15) is 14.3 Å². The summed E-state index contributed by atoms with van der Waals surface area (Å²) in [6, 6.07) is 5.85. The molecule has 0 aliphatic rings. The zero-order valence-electron chi connectivity index (χ0n) is 15.1. The van der Waals surface area contributed by atoms with Crippen LogP contribution in [0, 0.1) is 17.7 Å². The first-order valence-electron chi connectivity index (χ1n) is 8.62. The molecule has 0 bridgehead atoms. The summed E-state index contributed by atoms with van der Waals surface area (Å²) in [6.45, 7) is 7.78. The van der Waals surface area contributed by atoms with Crippen molar-refractivity contribution in [2.24, 2.45) is 0 Å². The molecule has 0 radical (unpaired) electrons. The maximum Gasteiger partial charge on any atom is 0.408 e. The lowest BCUT2D eigenvalue weighted by Crippen LogP contribution is -2.52. The molecular formula is C20H28FNO2. The van der Waals surface area contributed by atoms with E-state index in [1.165, 1.54) is 17.0 Å². The summed E-state index contributed by atoms with van der Waals surface area (Å²) in [5.41, 5.74) is -0.138. The van der Waals surface area contributed by atoms with Gasteiger partial charge < -0.3 is 5.11 Å². The molecular weight excluding hydrogens is 305 g/mol. The Labute approximate surface area is 144 Å². The van der Waals surface area contributed by atoms with E-state index >= 15 is 0 Å². The third-order valence-electron chi connectivity index (χ3n) is 4.14. The van der Waals surface area contributed by atoms with E-state index in [1.54, 1.807) is 12.1 Å². The van der Waals surface area contributed by atoms with Crippen LogP contribution in [0.15, 0.2) is 24.3 Å². The molecule has 1 amide bonds. The number of rotatable bonds is 7. The highest BCUT2D eigenvalue weighted by molar-refractivity contribution is 5.67. The Kier molecular flexibility index (Phi) is 7.78. The topological polar surface area (TPSA) is 40.5 Å². The second kappa shape index (κ2) is 9.32. The fraction of sp³-hybridized carbons (Fsp3) is 0.550. The van der Waals surface area contributed by atoms with Gasteiger partial charge in [-0.1, -0.05) is 45.0 Å². The van der Waals surface area contributed by atoms with Gasteiger partial charge in [0.25, 0.3) is 0 Å². The van der Waals surface area contributed by atoms with E-state index in [2.05, 4.69) is 18.8 Å². The molecule has 1 unspecified atom stereocenters. The fourth-order valence-corrected chi connectivity index (χ4v) is 2.82. The van der Waals surface area contributed by atoms with Crippen LogP contribution in [-0.2, 0) is 0 Å². The highest BCUT2D eigenvalue weighted by Gasteiger charge is 2.34. The number of carbonyl (C=O) groups is 1. The molecule has 1 aromatic carbocycles. The van der Waals surface area contributed by atoms with Crippen molar-refractivity contribution < 1.29 is 14.3 Å². The Balaban J connectivity index is 2.99. The molecule has 0 aliphatic heterocycles. The first-order chi connectivity index (χ1) is 11.3. The van der Waals surface area contributed by atoms with Gasteiger partial charge in [-0.05, 0) is 51.0 Å². The minimum absolute atomic E-state index is 0.0495. The third-order valence-corrected chi connectivity index (χ3v) is 4.14. The third kappa shape index (κ3) is 5.88. The van der Waals surface area contributed by atoms with Crippen molar-refractivity contribution in [3.63, 3.8) is 0 Å². The van der Waals surface area contributed by atoms with Gasteiger partial charge in [0.15, 0.2) is 0 Å². The Bertz CT molecular complexity index is 584. The lowest BCUT2D eigenvalue weighted by Gasteiger charge is -2.38. The van der Waals surface area contributed by atoms with Crippen molar-refractivity contribution >= 4 is 6.09 Å². The van der Waals surface area contributed by atoms with Crippen molar-refractivity contribution in [3.8, 4) is 11.8 Å². The Morgan fingerprint density at radius 2 is 1.88 bits per heavy atom. The first kappa shape index (κ1) is 20.0. The van der Waals surface area contributed by atoms with Crippen molar-refractivity contribution in [1.29, 1.82) is 0 Å². The van der Waals surface area contributed by atoms with Crippen LogP contribution >= 0.6 is 0 Å². The Hall–Kier alpha value is -2.02. The van der Waals surface area contributed by atoms with E-state index in [-0.39, 0.29) is 11.9 Å². The molecule has 24 heavy (non-hydrogen) atoms. The Morgan fingerprint density at radius 1 is 1.25 bits per heavy atom. The van der Waals surface area contributed by atoms with Gasteiger partial charge >= 0.3 is 6.09 Å². The summed E-state index contributed by atoms with van der Waals surface area (Å²) in [5.74, 6) is 5.71. The molecule has 1 N–H and O–H groups in total. The van der Waals surface area contributed by atoms with Gasteiger partial charge in [-0.3, -0.25) is 4.90 Å². The van der Waals surface area contributed by atoms with Gasteiger partial charge in [-0.2, -0.15) is 0 Å². The number of hydrogen-bond acceptors (Lipinski definition) is 1. The van der Waals surface area contributed by atoms with Crippen molar-refractivity contribution in [2.45, 2.75) is 71.4 Å². The second-order valence-electron chi connectivity index (χ2n) is 6.53. The van der Waals surface area contributed by atoms with Crippen LogP contribution in [0.1, 0.15) is 65.4 Å². The monoisotopic (exact) mass is 333 g/mol. The minimum Gasteiger partial charge on any atom is -0.465 e. The van der Waals surface area contributed by atoms with Gasteiger partial charge in [-0.25, -0.2) is 9.18 Å². The number of nitrogens with zero attached hydrogens (tertiary/aromatic N) is 1. The summed E-state index contributed by atoms with van der Waals surface area (Å²) in [7, 11) is 0. The number of halogens is 1. The quantitative estimate of drug-likeness (QED) is 0.544. The molecule has 4 heteroatoms. The van der Waals surface area contributed by atoms with E-state index in [4.69, 9.17) is 0 Å². The zero-order valence-corrected chi connectivity index (χ0v) is 15.1. The summed E-state index contributed by atoms with van der Waals surface area (Å²) in [5, 5.41) is 9.71. The molecule has 0 spiro atoms. The predicted molar refractivity (Wildman–Crippen MR) is 95.4 cm³/mol. The van der Waals surface area contributed by atoms with Gasteiger partial charge in [-0.15, -0.1) is 0 Å². The Morgan fingerprint density at radius 3 is 2.38 bits per heavy atom. The van der Waals surface area contributed by atoms with Crippen LogP contribution < -0.4 is 0 Å². The molecule has 0 aliphatic carbocycles. The molecule has 0 fully saturated rings. The van der Waals surface area contributed by atoms with Gasteiger partial charge in [0.2, 0.25) is 0 Å². The molecule has 0 heterocycles. The number of unbranched alkanes of at least 4 members (excludes halogenated alkanes) is 2. The van der Waals surface area contributed by atoms with Crippen LogP contribution in [0.3, 0.4) is 0 Å². The highest BCUT2D eigenvalue weighted by atomic mass is 19.1. The number of amides is 1. The minimum atomic E-state index is -0.947. The fourth-order valence-electron chi connectivity index (χ4n) is 2.82. The van der Waals surface area contributed by atoms with Crippen LogP contribution in [-0.4, -0.2) is 27.7 Å². The molecule has 0 aromatic heterocycles. The van der Waals surface area contributed by atoms with Crippen molar-refractivity contribution in [3.05, 3.63) is 35.6 Å². The van der Waals surface area contributed by atoms with E-state index in [0.29, 0.717) is 5.56 Å². The average Bonchev–Trinajstić information content (AvgIpc) is 2.53. The van der Waals surface area contributed by atoms with Crippen LogP contribution in [0.5, 0.6) is 0 Å². The van der Waals surface area contributed by atoms with Gasteiger partial charge in [0.05, 0.1) is 0 Å². The molecule has 0 saturated carbocycles. The SMILES string of the molecule is CCCCCC(CC)N(C(=O)O)C(C)(C)C#Cc1ccc(F)cc1. The molecule has 1 aromatic rings. The summed E-state index contributed by atoms with van der Waals surface area (Å²) in [4.78, 5) is 13.3. The maximum absolute atomic E-state index is 13.0. The smallest absolute Gasteiger partial charge is 0.408 e. The largest absolute Gasteiger partial charge is 0.465 e. The molecule has 132 valence electrons. The van der Waals surface area contributed by atoms with Gasteiger partial charge in [0, 0.05) is 11.6 Å².